The summed E-state index contributed by atoms with van der Waals surface area (Å²) in [6.45, 7) is 10.1. The number of amides is 1. The van der Waals surface area contributed by atoms with Crippen molar-refractivity contribution in [3.8, 4) is 0 Å². The standard InChI is InChI=1S/C20H28N4O3/c1-4-24-19(26)16-6-5-15(10-17(16)22-20(24)27)18(25)21-7-8-23-11-13(2)9-14(3)12-23/h5-6,10,13-14H,4,7-9,11-12H2,1-3H3,(H,21,25)(H,22,27). The van der Waals surface area contributed by atoms with E-state index in [0.717, 1.165) is 24.2 Å². The van der Waals surface area contributed by atoms with E-state index in [9.17, 15) is 14.4 Å². The number of piperidine rings is 1. The van der Waals surface area contributed by atoms with E-state index in [0.29, 0.717) is 41.4 Å². The lowest BCUT2D eigenvalue weighted by Crippen LogP contribution is -2.42. The molecule has 2 atom stereocenters. The largest absolute Gasteiger partial charge is 0.351 e. The molecule has 2 aromatic rings. The molecule has 27 heavy (non-hydrogen) atoms. The highest BCUT2D eigenvalue weighted by molar-refractivity contribution is 5.97. The predicted molar refractivity (Wildman–Crippen MR) is 106 cm³/mol. The number of hydrogen-bond donors (Lipinski definition) is 2. The summed E-state index contributed by atoms with van der Waals surface area (Å²) in [6, 6.07) is 4.80. The first-order valence-corrected chi connectivity index (χ1v) is 9.66. The van der Waals surface area contributed by atoms with Crippen LogP contribution < -0.4 is 16.6 Å². The van der Waals surface area contributed by atoms with Crippen LogP contribution in [0.3, 0.4) is 0 Å². The molecule has 2 heterocycles. The number of hydrogen-bond acceptors (Lipinski definition) is 4. The van der Waals surface area contributed by atoms with Crippen molar-refractivity contribution in [1.82, 2.24) is 19.8 Å². The van der Waals surface area contributed by atoms with E-state index in [1.807, 2.05) is 0 Å². The molecule has 1 aliphatic rings. The summed E-state index contributed by atoms with van der Waals surface area (Å²) >= 11 is 0. The van der Waals surface area contributed by atoms with Gasteiger partial charge in [0, 0.05) is 38.3 Å². The maximum atomic E-state index is 12.4. The van der Waals surface area contributed by atoms with Crippen LogP contribution in [0, 0.1) is 11.8 Å². The van der Waals surface area contributed by atoms with Gasteiger partial charge in [0.2, 0.25) is 0 Å². The number of H-pyrrole nitrogens is 1. The van der Waals surface area contributed by atoms with Crippen LogP contribution in [0.2, 0.25) is 0 Å². The first-order chi connectivity index (χ1) is 12.9. The second-order valence-electron chi connectivity index (χ2n) is 7.70. The molecule has 2 unspecified atom stereocenters. The first-order valence-electron chi connectivity index (χ1n) is 9.66. The average Bonchev–Trinajstić information content (AvgIpc) is 2.60. The summed E-state index contributed by atoms with van der Waals surface area (Å²) < 4.78 is 1.14. The third-order valence-corrected chi connectivity index (χ3v) is 5.22. The number of aromatic amines is 1. The molecule has 0 saturated carbocycles. The van der Waals surface area contributed by atoms with Crippen molar-refractivity contribution in [2.75, 3.05) is 26.2 Å². The highest BCUT2D eigenvalue weighted by Crippen LogP contribution is 2.20. The molecule has 2 N–H and O–H groups in total. The Labute approximate surface area is 158 Å². The van der Waals surface area contributed by atoms with E-state index in [1.54, 1.807) is 25.1 Å². The van der Waals surface area contributed by atoms with Gasteiger partial charge in [-0.2, -0.15) is 0 Å². The van der Waals surface area contributed by atoms with Gasteiger partial charge in [0.05, 0.1) is 10.9 Å². The lowest BCUT2D eigenvalue weighted by Gasteiger charge is -2.34. The van der Waals surface area contributed by atoms with Crippen LogP contribution >= 0.6 is 0 Å². The Morgan fingerprint density at radius 3 is 2.59 bits per heavy atom. The Balaban J connectivity index is 1.67. The number of benzene rings is 1. The van der Waals surface area contributed by atoms with E-state index in [2.05, 4.69) is 29.0 Å². The van der Waals surface area contributed by atoms with Crippen molar-refractivity contribution in [2.24, 2.45) is 11.8 Å². The fourth-order valence-electron chi connectivity index (χ4n) is 4.09. The lowest BCUT2D eigenvalue weighted by molar-refractivity contribution is 0.0936. The molecule has 0 bridgehead atoms. The first kappa shape index (κ1) is 19.4. The number of nitrogens with one attached hydrogen (secondary N) is 2. The van der Waals surface area contributed by atoms with Crippen LogP contribution in [-0.4, -0.2) is 46.5 Å². The number of aromatic nitrogens is 2. The maximum absolute atomic E-state index is 12.4. The van der Waals surface area contributed by atoms with Crippen molar-refractivity contribution in [2.45, 2.75) is 33.7 Å². The highest BCUT2D eigenvalue weighted by Gasteiger charge is 2.21. The van der Waals surface area contributed by atoms with Gasteiger partial charge in [-0.1, -0.05) is 13.8 Å². The number of carbonyl (C=O) groups excluding carboxylic acids is 1. The Hall–Kier alpha value is -2.41. The van der Waals surface area contributed by atoms with Gasteiger partial charge < -0.3 is 15.2 Å². The van der Waals surface area contributed by atoms with E-state index < -0.39 is 5.69 Å². The van der Waals surface area contributed by atoms with E-state index in [4.69, 9.17) is 0 Å². The van der Waals surface area contributed by atoms with Gasteiger partial charge in [-0.15, -0.1) is 0 Å². The molecule has 3 rings (SSSR count). The normalized spacial score (nSPS) is 20.7. The Bertz CT molecular complexity index is 936. The molecule has 7 heteroatoms. The summed E-state index contributed by atoms with van der Waals surface area (Å²) in [5, 5.41) is 3.34. The zero-order valence-corrected chi connectivity index (χ0v) is 16.2. The van der Waals surface area contributed by atoms with Crippen molar-refractivity contribution >= 4 is 16.8 Å². The van der Waals surface area contributed by atoms with Gasteiger partial charge in [0.1, 0.15) is 0 Å². The van der Waals surface area contributed by atoms with Gasteiger partial charge in [-0.25, -0.2) is 4.79 Å². The average molecular weight is 372 g/mol. The molecule has 146 valence electrons. The molecule has 1 amide bonds. The smallest absolute Gasteiger partial charge is 0.328 e. The topological polar surface area (TPSA) is 87.2 Å². The molecule has 1 saturated heterocycles. The Morgan fingerprint density at radius 2 is 1.93 bits per heavy atom. The van der Waals surface area contributed by atoms with Crippen molar-refractivity contribution in [3.63, 3.8) is 0 Å². The van der Waals surface area contributed by atoms with Crippen LogP contribution in [0.4, 0.5) is 0 Å². The van der Waals surface area contributed by atoms with Gasteiger partial charge in [0.25, 0.3) is 11.5 Å². The molecule has 0 spiro atoms. The van der Waals surface area contributed by atoms with Crippen LogP contribution in [0.25, 0.3) is 10.9 Å². The molecular weight excluding hydrogens is 344 g/mol. The summed E-state index contributed by atoms with van der Waals surface area (Å²) in [6.07, 6.45) is 1.26. The quantitative estimate of drug-likeness (QED) is 0.831. The van der Waals surface area contributed by atoms with Gasteiger partial charge in [0.15, 0.2) is 0 Å². The second-order valence-corrected chi connectivity index (χ2v) is 7.70. The number of rotatable bonds is 5. The monoisotopic (exact) mass is 372 g/mol. The number of nitrogens with zero attached hydrogens (tertiary/aromatic N) is 2. The zero-order chi connectivity index (χ0) is 19.6. The van der Waals surface area contributed by atoms with E-state index >= 15 is 0 Å². The minimum Gasteiger partial charge on any atom is -0.351 e. The highest BCUT2D eigenvalue weighted by atomic mass is 16.2. The third kappa shape index (κ3) is 4.30. The zero-order valence-electron chi connectivity index (χ0n) is 16.2. The SMILES string of the molecule is CCn1c(=O)[nH]c2cc(C(=O)NCCN3CC(C)CC(C)C3)ccc2c1=O. The van der Waals surface area contributed by atoms with Crippen molar-refractivity contribution < 1.29 is 4.79 Å². The fourth-order valence-corrected chi connectivity index (χ4v) is 4.09. The number of fused-ring (bicyclic) bond motifs is 1. The van der Waals surface area contributed by atoms with Crippen LogP contribution in [0.1, 0.15) is 37.6 Å². The molecule has 0 aliphatic carbocycles. The van der Waals surface area contributed by atoms with Crippen LogP contribution in [0.15, 0.2) is 27.8 Å². The van der Waals surface area contributed by atoms with E-state index in [1.165, 1.54) is 6.42 Å². The molecule has 1 aromatic heterocycles. The number of carbonyl (C=O) groups is 1. The third-order valence-electron chi connectivity index (χ3n) is 5.22. The summed E-state index contributed by atoms with van der Waals surface area (Å²) in [4.78, 5) is 41.8. The summed E-state index contributed by atoms with van der Waals surface area (Å²) in [5.41, 5.74) is 0.0330. The number of likely N-dealkylation sites (tertiary alicyclic amines) is 1. The molecule has 1 aromatic carbocycles. The van der Waals surface area contributed by atoms with Gasteiger partial charge >= 0.3 is 5.69 Å². The summed E-state index contributed by atoms with van der Waals surface area (Å²) in [5.74, 6) is 1.18. The van der Waals surface area contributed by atoms with Crippen molar-refractivity contribution in [3.05, 3.63) is 44.6 Å². The van der Waals surface area contributed by atoms with Gasteiger partial charge in [-0.3, -0.25) is 14.2 Å². The molecule has 1 fully saturated rings. The van der Waals surface area contributed by atoms with Crippen LogP contribution in [0.5, 0.6) is 0 Å². The Kier molecular flexibility index (Phi) is 5.79. The molecule has 0 radical (unpaired) electrons. The van der Waals surface area contributed by atoms with Gasteiger partial charge in [-0.05, 0) is 43.4 Å². The minimum atomic E-state index is -0.458. The molecular formula is C20H28N4O3. The predicted octanol–water partition coefficient (Wildman–Crippen LogP) is 1.42. The van der Waals surface area contributed by atoms with Crippen molar-refractivity contribution in [1.29, 1.82) is 0 Å². The lowest BCUT2D eigenvalue weighted by atomic mass is 9.92. The summed E-state index contributed by atoms with van der Waals surface area (Å²) in [7, 11) is 0. The Morgan fingerprint density at radius 1 is 1.22 bits per heavy atom. The van der Waals surface area contributed by atoms with E-state index in [-0.39, 0.29) is 11.5 Å². The maximum Gasteiger partial charge on any atom is 0.328 e. The van der Waals surface area contributed by atoms with Crippen LogP contribution in [-0.2, 0) is 6.54 Å². The molecule has 7 nitrogen and oxygen atoms in total. The molecule has 1 aliphatic heterocycles. The second kappa shape index (κ2) is 8.08. The minimum absolute atomic E-state index is 0.199. The fraction of sp³-hybridized carbons (Fsp3) is 0.550.